The molecule has 2 heterocycles. The van der Waals surface area contributed by atoms with E-state index in [1.54, 1.807) is 0 Å². The molecule has 1 aromatic carbocycles. The third-order valence-corrected chi connectivity index (χ3v) is 4.62. The molecule has 2 atom stereocenters. The van der Waals surface area contributed by atoms with Gasteiger partial charge in [-0.1, -0.05) is 12.1 Å². The highest BCUT2D eigenvalue weighted by Gasteiger charge is 2.20. The quantitative estimate of drug-likeness (QED) is 0.783. The van der Waals surface area contributed by atoms with E-state index >= 15 is 0 Å². The van der Waals surface area contributed by atoms with Crippen LogP contribution >= 0.6 is 17.5 Å². The molecule has 0 amide bonds. The summed E-state index contributed by atoms with van der Waals surface area (Å²) >= 11 is 0. The van der Waals surface area contributed by atoms with Gasteiger partial charge < -0.3 is 10.0 Å². The van der Waals surface area contributed by atoms with Crippen LogP contribution in [0.3, 0.4) is 0 Å². The van der Waals surface area contributed by atoms with Gasteiger partial charge in [-0.05, 0) is 41.9 Å². The van der Waals surface area contributed by atoms with Gasteiger partial charge in [-0.15, -0.1) is 0 Å². The van der Waals surface area contributed by atoms with Crippen LogP contribution in [0.4, 0.5) is 11.4 Å². The van der Waals surface area contributed by atoms with Gasteiger partial charge in [0, 0.05) is 13.1 Å². The van der Waals surface area contributed by atoms with Gasteiger partial charge in [-0.2, -0.15) is 0 Å². The maximum absolute atomic E-state index is 3.45. The van der Waals surface area contributed by atoms with Crippen LogP contribution in [0.2, 0.25) is 0 Å². The summed E-state index contributed by atoms with van der Waals surface area (Å²) in [6.45, 7) is 2.23. The van der Waals surface area contributed by atoms with Crippen LogP contribution in [0.25, 0.3) is 0 Å². The Morgan fingerprint density at radius 2 is 1.38 bits per heavy atom. The molecule has 0 aromatic heterocycles. The normalized spacial score (nSPS) is 23.8. The van der Waals surface area contributed by atoms with E-state index in [9.17, 15) is 0 Å². The highest BCUT2D eigenvalue weighted by molar-refractivity contribution is 7.36. The molecule has 3 rings (SSSR count). The van der Waals surface area contributed by atoms with Gasteiger partial charge in [-0.3, -0.25) is 0 Å². The Hall–Kier alpha value is -0.400. The first-order valence-corrected chi connectivity index (χ1v) is 7.98. The number of rotatable bonds is 2. The molecule has 0 radical (unpaired) electrons. The highest BCUT2D eigenvalue weighted by atomic mass is 31.1. The molecule has 2 aliphatic heterocycles. The summed E-state index contributed by atoms with van der Waals surface area (Å²) in [5.74, 6) is 0. The fourth-order valence-corrected chi connectivity index (χ4v) is 3.77. The third kappa shape index (κ3) is 2.03. The van der Waals surface area contributed by atoms with Crippen LogP contribution in [-0.2, 0) is 0 Å². The van der Waals surface area contributed by atoms with Crippen molar-refractivity contribution >= 4 is 28.8 Å². The Bertz CT molecular complexity index is 327. The second-order valence-corrected chi connectivity index (χ2v) is 6.02. The maximum atomic E-state index is 3.45. The summed E-state index contributed by atoms with van der Waals surface area (Å²) in [6.07, 6.45) is 2.51. The summed E-state index contributed by atoms with van der Waals surface area (Å²) in [6, 6.07) is 8.61. The lowest BCUT2D eigenvalue weighted by Crippen LogP contribution is -2.33. The number of anilines is 2. The molecule has 0 spiro atoms. The van der Waals surface area contributed by atoms with Crippen LogP contribution in [0.1, 0.15) is 0 Å². The molecule has 0 saturated carbocycles. The summed E-state index contributed by atoms with van der Waals surface area (Å²) < 4.78 is 0. The first kappa shape index (κ1) is 10.7. The summed E-state index contributed by atoms with van der Waals surface area (Å²) in [4.78, 5) is 0. The fourth-order valence-electron chi connectivity index (χ4n) is 2.03. The maximum Gasteiger partial charge on any atom is 0.0770 e. The number of hydrogen-bond acceptors (Lipinski definition) is 4. The zero-order valence-corrected chi connectivity index (χ0v) is 11.0. The number of para-hydroxylation sites is 2. The first-order chi connectivity index (χ1) is 7.95. The fraction of sp³-hybridized carbons (Fsp3) is 0.400. The number of hydrogen-bond donors (Lipinski definition) is 2. The van der Waals surface area contributed by atoms with Crippen molar-refractivity contribution in [1.82, 2.24) is 10.4 Å². The molecule has 2 N–H and O–H groups in total. The standard InChI is InChI=1S/C10H16N4P2/c1-2-4-10(14-6-8-16-12-14)9(3-1)13-5-7-15-11-13/h1-4,11-12,15-16H,5-8H2. The minimum absolute atomic E-state index is 0.860. The topological polar surface area (TPSA) is 30.5 Å². The summed E-state index contributed by atoms with van der Waals surface area (Å²) in [7, 11) is 1.72. The lowest BCUT2D eigenvalue weighted by atomic mass is 10.2. The second kappa shape index (κ2) is 4.85. The molecule has 2 unspecified atom stereocenters. The summed E-state index contributed by atoms with van der Waals surface area (Å²) in [5, 5.41) is 11.4. The SMILES string of the molecule is c1ccc(N2CCPN2)c(N2CCPN2)c1. The molecular formula is C10H16N4P2. The molecule has 2 aliphatic rings. The van der Waals surface area contributed by atoms with E-state index in [2.05, 4.69) is 44.7 Å². The van der Waals surface area contributed by atoms with E-state index in [0.29, 0.717) is 0 Å². The first-order valence-electron chi connectivity index (χ1n) is 5.56. The number of hydrazine groups is 2. The Morgan fingerprint density at radius 1 is 0.875 bits per heavy atom. The molecule has 16 heavy (non-hydrogen) atoms. The summed E-state index contributed by atoms with van der Waals surface area (Å²) in [5.41, 5.74) is 2.60. The van der Waals surface area contributed by atoms with Crippen molar-refractivity contribution in [2.45, 2.75) is 0 Å². The average molecular weight is 254 g/mol. The molecule has 6 heteroatoms. The lowest BCUT2D eigenvalue weighted by Gasteiger charge is -2.26. The number of nitrogens with zero attached hydrogens (tertiary/aromatic N) is 2. The predicted molar refractivity (Wildman–Crippen MR) is 73.8 cm³/mol. The van der Waals surface area contributed by atoms with Crippen molar-refractivity contribution in [3.63, 3.8) is 0 Å². The Kier molecular flexibility index (Phi) is 3.25. The van der Waals surface area contributed by atoms with Crippen LogP contribution < -0.4 is 20.4 Å². The molecule has 4 nitrogen and oxygen atoms in total. The van der Waals surface area contributed by atoms with Crippen molar-refractivity contribution in [3.8, 4) is 0 Å². The molecule has 2 saturated heterocycles. The second-order valence-electron chi connectivity index (χ2n) is 3.87. The molecule has 2 fully saturated rings. The smallest absolute Gasteiger partial charge is 0.0770 e. The zero-order valence-electron chi connectivity index (χ0n) is 9.03. The van der Waals surface area contributed by atoms with Crippen LogP contribution in [0.5, 0.6) is 0 Å². The monoisotopic (exact) mass is 254 g/mol. The molecule has 0 aliphatic carbocycles. The van der Waals surface area contributed by atoms with Crippen LogP contribution in [-0.4, -0.2) is 25.4 Å². The predicted octanol–water partition coefficient (Wildman–Crippen LogP) is 1.52. The third-order valence-electron chi connectivity index (χ3n) is 2.81. The lowest BCUT2D eigenvalue weighted by molar-refractivity contribution is 0.842. The highest BCUT2D eigenvalue weighted by Crippen LogP contribution is 2.33. The van der Waals surface area contributed by atoms with Gasteiger partial charge in [0.1, 0.15) is 0 Å². The number of benzene rings is 1. The van der Waals surface area contributed by atoms with Crippen LogP contribution in [0, 0.1) is 0 Å². The minimum Gasteiger partial charge on any atom is -0.303 e. The van der Waals surface area contributed by atoms with E-state index in [1.165, 1.54) is 23.7 Å². The average Bonchev–Trinajstić information content (AvgIpc) is 3.03. The van der Waals surface area contributed by atoms with E-state index in [1.807, 2.05) is 0 Å². The Balaban J connectivity index is 1.90. The van der Waals surface area contributed by atoms with E-state index < -0.39 is 0 Å². The molecule has 0 bridgehead atoms. The van der Waals surface area contributed by atoms with Gasteiger partial charge in [0.15, 0.2) is 0 Å². The zero-order chi connectivity index (χ0) is 10.8. The van der Waals surface area contributed by atoms with Crippen molar-refractivity contribution < 1.29 is 0 Å². The molecule has 86 valence electrons. The largest absolute Gasteiger partial charge is 0.303 e. The Morgan fingerprint density at radius 3 is 1.75 bits per heavy atom. The number of nitrogens with one attached hydrogen (secondary N) is 2. The van der Waals surface area contributed by atoms with Crippen LogP contribution in [0.15, 0.2) is 24.3 Å². The van der Waals surface area contributed by atoms with Crippen molar-refractivity contribution in [2.75, 3.05) is 35.4 Å². The van der Waals surface area contributed by atoms with Crippen molar-refractivity contribution in [2.24, 2.45) is 0 Å². The Labute approximate surface area is 99.4 Å². The minimum atomic E-state index is 0.860. The van der Waals surface area contributed by atoms with Gasteiger partial charge in [0.25, 0.3) is 0 Å². The van der Waals surface area contributed by atoms with Gasteiger partial charge in [-0.25, -0.2) is 10.4 Å². The van der Waals surface area contributed by atoms with E-state index in [-0.39, 0.29) is 0 Å². The molecular weight excluding hydrogens is 238 g/mol. The van der Waals surface area contributed by atoms with E-state index in [0.717, 1.165) is 30.6 Å². The van der Waals surface area contributed by atoms with E-state index in [4.69, 9.17) is 0 Å². The molecule has 1 aromatic rings. The van der Waals surface area contributed by atoms with Gasteiger partial charge in [0.05, 0.1) is 11.4 Å². The van der Waals surface area contributed by atoms with Crippen molar-refractivity contribution in [3.05, 3.63) is 24.3 Å². The van der Waals surface area contributed by atoms with Gasteiger partial charge >= 0.3 is 0 Å². The van der Waals surface area contributed by atoms with Gasteiger partial charge in [0.2, 0.25) is 0 Å². The van der Waals surface area contributed by atoms with Crippen molar-refractivity contribution in [1.29, 1.82) is 0 Å².